The van der Waals surface area contributed by atoms with Gasteiger partial charge in [0.1, 0.15) is 4.90 Å². The Kier molecular flexibility index (Phi) is 5.16. The Bertz CT molecular complexity index is 1080. The summed E-state index contributed by atoms with van der Waals surface area (Å²) in [6.45, 7) is 7.22. The van der Waals surface area contributed by atoms with Crippen molar-refractivity contribution in [3.8, 4) is 0 Å². The van der Waals surface area contributed by atoms with Crippen molar-refractivity contribution in [2.24, 2.45) is 7.05 Å². The maximum atomic E-state index is 12.8. The highest BCUT2D eigenvalue weighted by Gasteiger charge is 2.26. The van der Waals surface area contributed by atoms with Crippen LogP contribution in [-0.4, -0.2) is 34.4 Å². The van der Waals surface area contributed by atoms with Crippen molar-refractivity contribution in [1.82, 2.24) is 19.1 Å². The van der Waals surface area contributed by atoms with E-state index in [9.17, 15) is 13.5 Å². The number of nitrogens with one attached hydrogen (secondary N) is 1. The first-order valence-electron chi connectivity index (χ1n) is 8.90. The van der Waals surface area contributed by atoms with E-state index in [-0.39, 0.29) is 17.5 Å². The molecule has 0 aliphatic carbocycles. The fourth-order valence-corrected chi connectivity index (χ4v) is 4.86. The fourth-order valence-electron chi connectivity index (χ4n) is 3.43. The number of aryl methyl sites for hydroxylation is 2. The molecule has 0 aliphatic heterocycles. The van der Waals surface area contributed by atoms with Gasteiger partial charge in [-0.3, -0.25) is 4.68 Å². The highest BCUT2D eigenvalue weighted by Crippen LogP contribution is 2.24. The molecule has 146 valence electrons. The molecule has 0 aliphatic rings. The van der Waals surface area contributed by atoms with Crippen LogP contribution in [0.3, 0.4) is 0 Å². The van der Waals surface area contributed by atoms with E-state index in [1.807, 2.05) is 55.9 Å². The van der Waals surface area contributed by atoms with Crippen molar-refractivity contribution >= 4 is 20.9 Å². The Balaban J connectivity index is 1.80. The van der Waals surface area contributed by atoms with Gasteiger partial charge in [-0.25, -0.2) is 13.1 Å². The second-order valence-corrected chi connectivity index (χ2v) is 8.85. The molecule has 0 saturated heterocycles. The molecule has 1 atom stereocenters. The molecule has 0 amide bonds. The number of rotatable bonds is 6. The van der Waals surface area contributed by atoms with Gasteiger partial charge in [-0.05, 0) is 56.8 Å². The van der Waals surface area contributed by atoms with Crippen LogP contribution < -0.4 is 4.72 Å². The highest BCUT2D eigenvalue weighted by atomic mass is 32.2. The zero-order chi connectivity index (χ0) is 19.9. The molecule has 0 radical (unpaired) electrons. The van der Waals surface area contributed by atoms with Gasteiger partial charge in [0.25, 0.3) is 0 Å². The summed E-state index contributed by atoms with van der Waals surface area (Å²) in [4.78, 5) is 0.182. The van der Waals surface area contributed by atoms with E-state index in [2.05, 4.69) is 9.82 Å². The lowest BCUT2D eigenvalue weighted by atomic mass is 10.1. The van der Waals surface area contributed by atoms with Gasteiger partial charge in [0, 0.05) is 31.3 Å². The molecule has 2 N–H and O–H groups in total. The Labute approximate surface area is 159 Å². The van der Waals surface area contributed by atoms with Crippen molar-refractivity contribution in [3.05, 3.63) is 47.4 Å². The highest BCUT2D eigenvalue weighted by molar-refractivity contribution is 7.89. The topological polar surface area (TPSA) is 89.2 Å². The second-order valence-electron chi connectivity index (χ2n) is 7.15. The lowest BCUT2D eigenvalue weighted by Gasteiger charge is -2.14. The molecule has 2 heterocycles. The average molecular weight is 391 g/mol. The standard InChI is InChI=1S/C19H26N4O3S/c1-12(2)23-14(4)19(13(3)21-23)27(25,26)20-11-18(24)16-6-7-17-15(10-16)8-9-22(17)5/h6-10,12,18,20,24H,11H2,1-5H3. The van der Waals surface area contributed by atoms with Gasteiger partial charge in [0.05, 0.1) is 17.5 Å². The third-order valence-electron chi connectivity index (χ3n) is 4.78. The first kappa shape index (κ1) is 19.6. The molecule has 0 fully saturated rings. The van der Waals surface area contributed by atoms with Gasteiger partial charge in [0.15, 0.2) is 0 Å². The number of hydrogen-bond donors (Lipinski definition) is 2. The lowest BCUT2D eigenvalue weighted by molar-refractivity contribution is 0.182. The smallest absolute Gasteiger partial charge is 0.244 e. The minimum absolute atomic E-state index is 0.0656. The molecule has 8 heteroatoms. The van der Waals surface area contributed by atoms with E-state index < -0.39 is 16.1 Å². The first-order valence-corrected chi connectivity index (χ1v) is 10.4. The number of hydrogen-bond acceptors (Lipinski definition) is 4. The SMILES string of the molecule is Cc1nn(C(C)C)c(C)c1S(=O)(=O)NCC(O)c1ccc2c(ccn2C)c1. The number of sulfonamides is 1. The quantitative estimate of drug-likeness (QED) is 0.677. The molecule has 2 aromatic heterocycles. The Morgan fingerprint density at radius 3 is 2.56 bits per heavy atom. The normalized spacial score (nSPS) is 13.6. The van der Waals surface area contributed by atoms with E-state index in [0.29, 0.717) is 17.0 Å². The number of nitrogens with zero attached hydrogens (tertiary/aromatic N) is 3. The zero-order valence-electron chi connectivity index (χ0n) is 16.3. The summed E-state index contributed by atoms with van der Waals surface area (Å²) in [5.74, 6) is 0. The fraction of sp³-hybridized carbons (Fsp3) is 0.421. The maximum Gasteiger partial charge on any atom is 0.244 e. The molecule has 0 bridgehead atoms. The van der Waals surface area contributed by atoms with Crippen molar-refractivity contribution in [2.45, 2.75) is 44.7 Å². The van der Waals surface area contributed by atoms with Gasteiger partial charge >= 0.3 is 0 Å². The van der Waals surface area contributed by atoms with Gasteiger partial charge < -0.3 is 9.67 Å². The molecule has 3 rings (SSSR count). The van der Waals surface area contributed by atoms with Crippen LogP contribution in [0.15, 0.2) is 35.4 Å². The molecule has 0 saturated carbocycles. The Morgan fingerprint density at radius 1 is 1.22 bits per heavy atom. The molecule has 27 heavy (non-hydrogen) atoms. The second kappa shape index (κ2) is 7.10. The van der Waals surface area contributed by atoms with Crippen molar-refractivity contribution in [3.63, 3.8) is 0 Å². The minimum Gasteiger partial charge on any atom is -0.387 e. The van der Waals surface area contributed by atoms with Crippen LogP contribution in [0.1, 0.15) is 42.9 Å². The predicted octanol–water partition coefficient (Wildman–Crippen LogP) is 2.58. The molecule has 1 unspecified atom stereocenters. The first-order chi connectivity index (χ1) is 12.6. The summed E-state index contributed by atoms with van der Waals surface area (Å²) in [5, 5.41) is 15.8. The number of aliphatic hydroxyl groups excluding tert-OH is 1. The zero-order valence-corrected chi connectivity index (χ0v) is 17.1. The predicted molar refractivity (Wildman–Crippen MR) is 105 cm³/mol. The molecule has 7 nitrogen and oxygen atoms in total. The summed E-state index contributed by atoms with van der Waals surface area (Å²) in [6.07, 6.45) is 1.01. The van der Waals surface area contributed by atoms with Crippen LogP contribution in [0.25, 0.3) is 10.9 Å². The molecular weight excluding hydrogens is 364 g/mol. The largest absolute Gasteiger partial charge is 0.387 e. The van der Waals surface area contributed by atoms with Crippen LogP contribution in [0, 0.1) is 13.8 Å². The molecule has 3 aromatic rings. The Morgan fingerprint density at radius 2 is 1.93 bits per heavy atom. The summed E-state index contributed by atoms with van der Waals surface area (Å²) >= 11 is 0. The number of benzene rings is 1. The van der Waals surface area contributed by atoms with E-state index in [4.69, 9.17) is 0 Å². The maximum absolute atomic E-state index is 12.8. The van der Waals surface area contributed by atoms with Crippen LogP contribution in [0.5, 0.6) is 0 Å². The number of fused-ring (bicyclic) bond motifs is 1. The van der Waals surface area contributed by atoms with Gasteiger partial charge in [0.2, 0.25) is 10.0 Å². The van der Waals surface area contributed by atoms with E-state index >= 15 is 0 Å². The summed E-state index contributed by atoms with van der Waals surface area (Å²) in [7, 11) is -1.82. The number of aliphatic hydroxyl groups is 1. The van der Waals surface area contributed by atoms with E-state index in [1.165, 1.54) is 0 Å². The van der Waals surface area contributed by atoms with Crippen LogP contribution in [0.4, 0.5) is 0 Å². The summed E-state index contributed by atoms with van der Waals surface area (Å²) in [5.41, 5.74) is 2.77. The van der Waals surface area contributed by atoms with Crippen molar-refractivity contribution < 1.29 is 13.5 Å². The molecule has 1 aromatic carbocycles. The van der Waals surface area contributed by atoms with Gasteiger partial charge in [-0.15, -0.1) is 0 Å². The minimum atomic E-state index is -3.77. The van der Waals surface area contributed by atoms with Crippen molar-refractivity contribution in [2.75, 3.05) is 6.54 Å². The Hall–Kier alpha value is -2.16. The summed E-state index contributed by atoms with van der Waals surface area (Å²) < 4.78 is 31.8. The van der Waals surface area contributed by atoms with Crippen LogP contribution in [-0.2, 0) is 17.1 Å². The molecule has 0 spiro atoms. The monoisotopic (exact) mass is 390 g/mol. The van der Waals surface area contributed by atoms with Crippen LogP contribution >= 0.6 is 0 Å². The average Bonchev–Trinajstić information content (AvgIpc) is 3.12. The number of aromatic nitrogens is 3. The van der Waals surface area contributed by atoms with Gasteiger partial charge in [-0.1, -0.05) is 6.07 Å². The molecular formula is C19H26N4O3S. The van der Waals surface area contributed by atoms with Crippen molar-refractivity contribution in [1.29, 1.82) is 0 Å². The van der Waals surface area contributed by atoms with Crippen LogP contribution in [0.2, 0.25) is 0 Å². The lowest BCUT2D eigenvalue weighted by Crippen LogP contribution is -2.29. The van der Waals surface area contributed by atoms with E-state index in [0.717, 1.165) is 10.9 Å². The summed E-state index contributed by atoms with van der Waals surface area (Å²) in [6, 6.07) is 7.64. The third kappa shape index (κ3) is 3.65. The van der Waals surface area contributed by atoms with Gasteiger partial charge in [-0.2, -0.15) is 5.10 Å². The third-order valence-corrected chi connectivity index (χ3v) is 6.45. The van der Waals surface area contributed by atoms with E-state index in [1.54, 1.807) is 18.5 Å².